The molecule has 1 fully saturated rings. The highest BCUT2D eigenvalue weighted by Crippen LogP contribution is 2.27. The summed E-state index contributed by atoms with van der Waals surface area (Å²) < 4.78 is 35.0. The van der Waals surface area contributed by atoms with E-state index in [-0.39, 0.29) is 58.0 Å². The van der Waals surface area contributed by atoms with Crippen molar-refractivity contribution in [3.8, 4) is 0 Å². The van der Waals surface area contributed by atoms with Crippen molar-refractivity contribution in [3.05, 3.63) is 0 Å². The van der Waals surface area contributed by atoms with Gasteiger partial charge in [0.15, 0.2) is 0 Å². The first-order chi connectivity index (χ1) is 19.6. The first-order valence-corrected chi connectivity index (χ1v) is 16.2. The van der Waals surface area contributed by atoms with E-state index in [0.717, 1.165) is 32.1 Å². The van der Waals surface area contributed by atoms with Crippen LogP contribution in [0.1, 0.15) is 92.9 Å². The molecule has 0 bridgehead atoms. The van der Waals surface area contributed by atoms with Crippen LogP contribution in [0.5, 0.6) is 0 Å². The molecule has 0 aromatic heterocycles. The lowest BCUT2D eigenvalue weighted by molar-refractivity contribution is -0.136. The molecule has 9 heteroatoms. The summed E-state index contributed by atoms with van der Waals surface area (Å²) in [5, 5.41) is 31.1. The summed E-state index contributed by atoms with van der Waals surface area (Å²) >= 11 is 0. The maximum Gasteiger partial charge on any atom is 0.101 e. The van der Waals surface area contributed by atoms with Crippen molar-refractivity contribution < 1.29 is 43.7 Å². The second kappa shape index (κ2) is 24.0. The highest BCUT2D eigenvalue weighted by Gasteiger charge is 2.32. The lowest BCUT2D eigenvalue weighted by Crippen LogP contribution is -2.41. The molecule has 7 unspecified atom stereocenters. The van der Waals surface area contributed by atoms with Gasteiger partial charge in [0.05, 0.1) is 58.0 Å². The van der Waals surface area contributed by atoms with Crippen LogP contribution in [-0.2, 0) is 28.4 Å². The van der Waals surface area contributed by atoms with Crippen LogP contribution in [0.2, 0.25) is 0 Å². The van der Waals surface area contributed by atoms with E-state index in [1.165, 1.54) is 0 Å². The highest BCUT2D eigenvalue weighted by atomic mass is 16.5. The number of hydrogen-bond donors (Lipinski definition) is 3. The Labute approximate surface area is 250 Å². The average Bonchev–Trinajstić information content (AvgIpc) is 2.96. The number of aliphatic hydroxyl groups excluding tert-OH is 3. The van der Waals surface area contributed by atoms with Gasteiger partial charge in [-0.3, -0.25) is 0 Å². The topological polar surface area (TPSA) is 116 Å². The minimum absolute atomic E-state index is 0.170. The van der Waals surface area contributed by atoms with Crippen molar-refractivity contribution >= 4 is 0 Å². The van der Waals surface area contributed by atoms with Crippen LogP contribution < -0.4 is 0 Å². The molecule has 1 aliphatic rings. The van der Waals surface area contributed by atoms with Gasteiger partial charge >= 0.3 is 0 Å². The lowest BCUT2D eigenvalue weighted by Gasteiger charge is -2.35. The Balaban J connectivity index is 2.50. The predicted molar refractivity (Wildman–Crippen MR) is 161 cm³/mol. The summed E-state index contributed by atoms with van der Waals surface area (Å²) in [7, 11) is 0. The normalized spacial score (nSPS) is 23.4. The predicted octanol–water partition coefficient (Wildman–Crippen LogP) is 4.38. The maximum atomic E-state index is 10.4. The van der Waals surface area contributed by atoms with Crippen LogP contribution in [0.25, 0.3) is 0 Å². The molecule has 0 spiro atoms. The number of rotatable bonds is 26. The van der Waals surface area contributed by atoms with Gasteiger partial charge in [-0.1, -0.05) is 54.4 Å². The molecule has 0 aliphatic heterocycles. The van der Waals surface area contributed by atoms with E-state index >= 15 is 0 Å². The van der Waals surface area contributed by atoms with E-state index in [1.54, 1.807) is 0 Å². The third kappa shape index (κ3) is 21.1. The van der Waals surface area contributed by atoms with Crippen LogP contribution in [0.3, 0.4) is 0 Å². The summed E-state index contributed by atoms with van der Waals surface area (Å²) in [5.74, 6) is 1.78. The molecule has 9 nitrogen and oxygen atoms in total. The highest BCUT2D eigenvalue weighted by molar-refractivity contribution is 4.82. The van der Waals surface area contributed by atoms with E-state index in [1.807, 2.05) is 0 Å². The van der Waals surface area contributed by atoms with E-state index < -0.39 is 18.3 Å². The van der Waals surface area contributed by atoms with E-state index in [0.29, 0.717) is 56.8 Å². The van der Waals surface area contributed by atoms with Gasteiger partial charge in [0.1, 0.15) is 18.3 Å². The average molecular weight is 593 g/mol. The van der Waals surface area contributed by atoms with Gasteiger partial charge in [-0.25, -0.2) is 0 Å². The molecule has 3 N–H and O–H groups in total. The van der Waals surface area contributed by atoms with Crippen molar-refractivity contribution in [3.63, 3.8) is 0 Å². The molecule has 246 valence electrons. The lowest BCUT2D eigenvalue weighted by atomic mass is 9.92. The first-order valence-electron chi connectivity index (χ1n) is 16.2. The molecule has 1 aliphatic carbocycles. The molecular weight excluding hydrogens is 528 g/mol. The van der Waals surface area contributed by atoms with Crippen LogP contribution in [0.4, 0.5) is 0 Å². The summed E-state index contributed by atoms with van der Waals surface area (Å²) in [4.78, 5) is 0. The van der Waals surface area contributed by atoms with Crippen LogP contribution in [-0.4, -0.2) is 111 Å². The van der Waals surface area contributed by atoms with Crippen molar-refractivity contribution in [2.75, 3.05) is 59.5 Å². The van der Waals surface area contributed by atoms with Crippen molar-refractivity contribution in [1.29, 1.82) is 0 Å². The second-order valence-electron chi connectivity index (χ2n) is 12.5. The minimum atomic E-state index is -0.702. The first kappa shape index (κ1) is 38.7. The molecule has 1 rings (SSSR count). The van der Waals surface area contributed by atoms with Gasteiger partial charge in [-0.2, -0.15) is 0 Å². The molecule has 0 amide bonds. The van der Waals surface area contributed by atoms with E-state index in [2.05, 4.69) is 41.5 Å². The fourth-order valence-electron chi connectivity index (χ4n) is 4.42. The van der Waals surface area contributed by atoms with Gasteiger partial charge in [0.2, 0.25) is 0 Å². The Morgan fingerprint density at radius 2 is 0.829 bits per heavy atom. The molecular formula is C32H64O9. The Morgan fingerprint density at radius 3 is 1.12 bits per heavy atom. The molecule has 0 heterocycles. The van der Waals surface area contributed by atoms with Gasteiger partial charge in [-0.15, -0.1) is 0 Å². The molecule has 0 saturated heterocycles. The van der Waals surface area contributed by atoms with Crippen molar-refractivity contribution in [2.45, 2.75) is 130 Å². The van der Waals surface area contributed by atoms with E-state index in [4.69, 9.17) is 28.4 Å². The SMILES string of the molecule is CCC(C)CCOCC(O)COC1CC(OCC(O)COCCC(C)C)CC(OCC(O)COCCC(C)CC)C1. The summed E-state index contributed by atoms with van der Waals surface area (Å²) in [6, 6.07) is 0. The summed E-state index contributed by atoms with van der Waals surface area (Å²) in [6.07, 6.45) is 4.47. The monoisotopic (exact) mass is 592 g/mol. The summed E-state index contributed by atoms with van der Waals surface area (Å²) in [6.45, 7) is 16.1. The van der Waals surface area contributed by atoms with Gasteiger partial charge in [0, 0.05) is 19.8 Å². The Hall–Kier alpha value is -0.360. The van der Waals surface area contributed by atoms with Crippen LogP contribution in [0, 0.1) is 17.8 Å². The number of ether oxygens (including phenoxy) is 6. The Morgan fingerprint density at radius 1 is 0.512 bits per heavy atom. The summed E-state index contributed by atoms with van der Waals surface area (Å²) in [5.41, 5.74) is 0. The zero-order valence-electron chi connectivity index (χ0n) is 27.0. The van der Waals surface area contributed by atoms with Crippen LogP contribution in [0.15, 0.2) is 0 Å². The molecule has 0 aromatic carbocycles. The largest absolute Gasteiger partial charge is 0.388 e. The standard InChI is InChI=1S/C32H64O9/c1-7-25(5)10-13-37-19-28(34)22-40-31-15-30(39-21-27(33)18-36-12-9-24(3)4)16-32(17-31)41-23-29(35)20-38-14-11-26(6)8-2/h24-35H,7-23H2,1-6H3. The van der Waals surface area contributed by atoms with E-state index in [9.17, 15) is 15.3 Å². The molecule has 0 radical (unpaired) electrons. The van der Waals surface area contributed by atoms with Crippen molar-refractivity contribution in [1.82, 2.24) is 0 Å². The van der Waals surface area contributed by atoms with Gasteiger partial charge in [-0.05, 0) is 56.3 Å². The number of hydrogen-bond acceptors (Lipinski definition) is 9. The molecule has 7 atom stereocenters. The van der Waals surface area contributed by atoms with Gasteiger partial charge < -0.3 is 43.7 Å². The third-order valence-electron chi connectivity index (χ3n) is 7.82. The fourth-order valence-corrected chi connectivity index (χ4v) is 4.42. The zero-order valence-corrected chi connectivity index (χ0v) is 27.0. The fraction of sp³-hybridized carbons (Fsp3) is 1.00. The van der Waals surface area contributed by atoms with Crippen molar-refractivity contribution in [2.24, 2.45) is 17.8 Å². The number of aliphatic hydroxyl groups is 3. The quantitative estimate of drug-likeness (QED) is 0.126. The van der Waals surface area contributed by atoms with Gasteiger partial charge in [0.25, 0.3) is 0 Å². The minimum Gasteiger partial charge on any atom is -0.388 e. The molecule has 0 aromatic rings. The maximum absolute atomic E-state index is 10.4. The van der Waals surface area contributed by atoms with Crippen LogP contribution >= 0.6 is 0 Å². The zero-order chi connectivity index (χ0) is 30.5. The Bertz CT molecular complexity index is 558. The molecule has 1 saturated carbocycles. The molecule has 41 heavy (non-hydrogen) atoms. The Kier molecular flexibility index (Phi) is 22.7. The second-order valence-corrected chi connectivity index (χ2v) is 12.5. The third-order valence-corrected chi connectivity index (χ3v) is 7.82. The smallest absolute Gasteiger partial charge is 0.101 e.